The molecule has 1 aromatic heterocycles. The molecule has 0 aromatic carbocycles. The second-order valence-electron chi connectivity index (χ2n) is 2.27. The first kappa shape index (κ1) is 9.81. The summed E-state index contributed by atoms with van der Waals surface area (Å²) < 4.78 is 0. The van der Waals surface area contributed by atoms with Crippen molar-refractivity contribution >= 4 is 27.6 Å². The molecule has 0 fully saturated rings. The second-order valence-corrected chi connectivity index (χ2v) is 3.06. The van der Waals surface area contributed by atoms with Crippen molar-refractivity contribution in [2.24, 2.45) is 0 Å². The average molecular weight is 241 g/mol. The molecule has 1 heterocycles. The van der Waals surface area contributed by atoms with E-state index in [1.807, 2.05) is 0 Å². The van der Waals surface area contributed by atoms with Gasteiger partial charge in [0.05, 0.1) is 6.20 Å². The van der Waals surface area contributed by atoms with E-state index in [2.05, 4.69) is 37.7 Å². The quantitative estimate of drug-likeness (QED) is 0.562. The topological polar surface area (TPSA) is 77.8 Å². The summed E-state index contributed by atoms with van der Waals surface area (Å²) in [5, 5.41) is 0.845. The molecule has 4 nitrogen and oxygen atoms in total. The molecule has 0 bridgehead atoms. The number of nitrogens with two attached hydrogens (primary N) is 2. The number of halogens is 1. The minimum absolute atomic E-state index is 0.227. The van der Waals surface area contributed by atoms with Crippen LogP contribution >= 0.6 is 15.9 Å². The van der Waals surface area contributed by atoms with Gasteiger partial charge >= 0.3 is 0 Å². The zero-order valence-corrected chi connectivity index (χ0v) is 8.50. The summed E-state index contributed by atoms with van der Waals surface area (Å²) in [7, 11) is 0. The van der Waals surface area contributed by atoms with Gasteiger partial charge < -0.3 is 11.5 Å². The second kappa shape index (κ2) is 4.67. The summed E-state index contributed by atoms with van der Waals surface area (Å²) in [4.78, 5) is 7.78. The van der Waals surface area contributed by atoms with Gasteiger partial charge in [-0.15, -0.1) is 0 Å². The molecule has 0 radical (unpaired) electrons. The molecule has 0 aliphatic rings. The first-order valence-corrected chi connectivity index (χ1v) is 4.79. The smallest absolute Gasteiger partial charge is 0.167 e. The fourth-order valence-electron chi connectivity index (χ4n) is 0.673. The number of rotatable bonds is 1. The highest BCUT2D eigenvalue weighted by Crippen LogP contribution is 2.05. The van der Waals surface area contributed by atoms with Crippen molar-refractivity contribution in [3.8, 4) is 11.8 Å². The number of anilines is 2. The van der Waals surface area contributed by atoms with Crippen LogP contribution in [0.4, 0.5) is 11.6 Å². The number of nitrogens with zero attached hydrogens (tertiary/aromatic N) is 2. The fraction of sp³-hybridized carbons (Fsp3) is 0.250. The summed E-state index contributed by atoms with van der Waals surface area (Å²) >= 11 is 3.27. The van der Waals surface area contributed by atoms with Crippen LogP contribution < -0.4 is 11.5 Å². The number of alkyl halides is 1. The molecule has 0 spiro atoms. The van der Waals surface area contributed by atoms with Gasteiger partial charge in [-0.1, -0.05) is 21.9 Å². The minimum atomic E-state index is 0.227. The van der Waals surface area contributed by atoms with Crippen LogP contribution in [0.2, 0.25) is 0 Å². The predicted molar refractivity (Wildman–Crippen MR) is 56.1 cm³/mol. The lowest BCUT2D eigenvalue weighted by atomic mass is 10.4. The Balaban J connectivity index is 2.81. The van der Waals surface area contributed by atoms with Gasteiger partial charge in [-0.2, -0.15) is 0 Å². The molecule has 1 aromatic rings. The Hall–Kier alpha value is -1.28. The van der Waals surface area contributed by atoms with Gasteiger partial charge in [-0.3, -0.25) is 0 Å². The highest BCUT2D eigenvalue weighted by Gasteiger charge is 1.96. The van der Waals surface area contributed by atoms with E-state index in [0.717, 1.165) is 11.8 Å². The molecular formula is C8H9BrN4. The molecule has 5 heteroatoms. The maximum atomic E-state index is 5.45. The van der Waals surface area contributed by atoms with Crippen LogP contribution in [0.25, 0.3) is 0 Å². The average Bonchev–Trinajstić information content (AvgIpc) is 2.12. The zero-order chi connectivity index (χ0) is 9.68. The van der Waals surface area contributed by atoms with Crippen molar-refractivity contribution in [3.63, 3.8) is 0 Å². The molecule has 0 amide bonds. The predicted octanol–water partition coefficient (Wildman–Crippen LogP) is 0.778. The Bertz CT molecular complexity index is 353. The largest absolute Gasteiger partial charge is 0.381 e. The van der Waals surface area contributed by atoms with Crippen molar-refractivity contribution in [2.75, 3.05) is 16.8 Å². The molecule has 4 N–H and O–H groups in total. The van der Waals surface area contributed by atoms with Crippen LogP contribution in [0.5, 0.6) is 0 Å². The molecule has 0 aliphatic heterocycles. The van der Waals surface area contributed by atoms with Crippen molar-refractivity contribution in [1.29, 1.82) is 0 Å². The van der Waals surface area contributed by atoms with Crippen molar-refractivity contribution in [2.45, 2.75) is 6.42 Å². The zero-order valence-electron chi connectivity index (χ0n) is 6.92. The monoisotopic (exact) mass is 240 g/mol. The third-order valence-electron chi connectivity index (χ3n) is 1.27. The number of hydrogen-bond acceptors (Lipinski definition) is 4. The molecule has 0 saturated carbocycles. The third-order valence-corrected chi connectivity index (χ3v) is 1.66. The van der Waals surface area contributed by atoms with E-state index in [1.165, 1.54) is 6.20 Å². The lowest BCUT2D eigenvalue weighted by molar-refractivity contribution is 1.19. The van der Waals surface area contributed by atoms with E-state index in [-0.39, 0.29) is 11.6 Å². The van der Waals surface area contributed by atoms with Gasteiger partial charge in [-0.25, -0.2) is 9.97 Å². The Morgan fingerprint density at radius 2 is 2.15 bits per heavy atom. The summed E-state index contributed by atoms with van der Waals surface area (Å²) in [5.41, 5.74) is 11.4. The van der Waals surface area contributed by atoms with Crippen LogP contribution in [0.3, 0.4) is 0 Å². The first-order chi connectivity index (χ1) is 6.24. The summed E-state index contributed by atoms with van der Waals surface area (Å²) in [6, 6.07) is 0. The Morgan fingerprint density at radius 3 is 2.77 bits per heavy atom. The van der Waals surface area contributed by atoms with Gasteiger partial charge in [0.1, 0.15) is 5.69 Å². The molecule has 1 rings (SSSR count). The molecule has 0 atom stereocenters. The van der Waals surface area contributed by atoms with E-state index in [0.29, 0.717) is 5.69 Å². The number of aromatic nitrogens is 2. The third kappa shape index (κ3) is 2.92. The summed E-state index contributed by atoms with van der Waals surface area (Å²) in [5.74, 6) is 6.20. The van der Waals surface area contributed by atoms with Crippen molar-refractivity contribution in [1.82, 2.24) is 9.97 Å². The number of nitrogen functional groups attached to an aromatic ring is 2. The standard InChI is InChI=1S/C8H9BrN4/c9-4-2-1-3-6-5-12-7(10)8(11)13-6/h5H,2,4H2,(H2,10,12)(H2,11,13). The molecule has 0 unspecified atom stereocenters. The van der Waals surface area contributed by atoms with Crippen LogP contribution in [0.1, 0.15) is 12.1 Å². The van der Waals surface area contributed by atoms with Gasteiger partial charge in [0, 0.05) is 11.8 Å². The molecular weight excluding hydrogens is 232 g/mol. The molecule has 0 saturated heterocycles. The van der Waals surface area contributed by atoms with E-state index < -0.39 is 0 Å². The molecule has 13 heavy (non-hydrogen) atoms. The van der Waals surface area contributed by atoms with E-state index in [4.69, 9.17) is 11.5 Å². The number of hydrogen-bond donors (Lipinski definition) is 2. The normalized spacial score (nSPS) is 9.00. The maximum Gasteiger partial charge on any atom is 0.167 e. The van der Waals surface area contributed by atoms with Crippen LogP contribution in [-0.2, 0) is 0 Å². The van der Waals surface area contributed by atoms with E-state index in [1.54, 1.807) is 0 Å². The van der Waals surface area contributed by atoms with Gasteiger partial charge in [0.2, 0.25) is 0 Å². The van der Waals surface area contributed by atoms with Crippen LogP contribution in [-0.4, -0.2) is 15.3 Å². The van der Waals surface area contributed by atoms with Gasteiger partial charge in [-0.05, 0) is 5.92 Å². The molecule has 0 aliphatic carbocycles. The lowest BCUT2D eigenvalue weighted by Crippen LogP contribution is -2.01. The summed E-state index contributed by atoms with van der Waals surface area (Å²) in [6.45, 7) is 0. The van der Waals surface area contributed by atoms with Crippen molar-refractivity contribution in [3.05, 3.63) is 11.9 Å². The Labute approximate surface area is 84.9 Å². The maximum absolute atomic E-state index is 5.45. The minimum Gasteiger partial charge on any atom is -0.381 e. The van der Waals surface area contributed by atoms with Crippen LogP contribution in [0.15, 0.2) is 6.20 Å². The molecule has 68 valence electrons. The van der Waals surface area contributed by atoms with Crippen LogP contribution in [0, 0.1) is 11.8 Å². The van der Waals surface area contributed by atoms with Gasteiger partial charge in [0.15, 0.2) is 11.6 Å². The highest BCUT2D eigenvalue weighted by atomic mass is 79.9. The van der Waals surface area contributed by atoms with Crippen molar-refractivity contribution < 1.29 is 0 Å². The SMILES string of the molecule is Nc1ncc(C#CCCBr)nc1N. The summed E-state index contributed by atoms with van der Waals surface area (Å²) in [6.07, 6.45) is 2.28. The lowest BCUT2D eigenvalue weighted by Gasteiger charge is -1.96. The van der Waals surface area contributed by atoms with Gasteiger partial charge in [0.25, 0.3) is 0 Å². The highest BCUT2D eigenvalue weighted by molar-refractivity contribution is 9.09. The fourth-order valence-corrected chi connectivity index (χ4v) is 0.872. The Morgan fingerprint density at radius 1 is 1.38 bits per heavy atom. The Kier molecular flexibility index (Phi) is 3.53. The first-order valence-electron chi connectivity index (χ1n) is 3.67. The van der Waals surface area contributed by atoms with E-state index >= 15 is 0 Å². The van der Waals surface area contributed by atoms with E-state index in [9.17, 15) is 0 Å².